The number of carboxylic acid groups (broad SMARTS) is 2. The van der Waals surface area contributed by atoms with Crippen molar-refractivity contribution in [2.24, 2.45) is 17.8 Å². The molecule has 20 nitrogen and oxygen atoms in total. The van der Waals surface area contributed by atoms with Crippen molar-refractivity contribution in [1.29, 1.82) is 0 Å². The third-order valence-corrected chi connectivity index (χ3v) is 13.0. The van der Waals surface area contributed by atoms with Crippen LogP contribution in [0.1, 0.15) is 37.5 Å². The van der Waals surface area contributed by atoms with E-state index in [0.29, 0.717) is 0 Å². The lowest BCUT2D eigenvalue weighted by Gasteiger charge is -2.49. The fourth-order valence-corrected chi connectivity index (χ4v) is 8.78. The van der Waals surface area contributed by atoms with E-state index in [4.69, 9.17) is 47.4 Å². The van der Waals surface area contributed by atoms with Gasteiger partial charge in [0.15, 0.2) is 37.4 Å². The first-order valence-corrected chi connectivity index (χ1v) is 22.6. The zero-order valence-corrected chi connectivity index (χ0v) is 37.7. The van der Waals surface area contributed by atoms with E-state index in [2.05, 4.69) is 0 Å². The van der Waals surface area contributed by atoms with Crippen LogP contribution in [0, 0.1) is 17.8 Å². The average molecular weight is 959 g/mol. The number of aliphatic hydroxyl groups is 6. The topological polar surface area (TPSA) is 288 Å². The average Bonchev–Trinajstić information content (AvgIpc) is 3.33. The number of ether oxygens (including phenoxy) is 10. The summed E-state index contributed by atoms with van der Waals surface area (Å²) in [7, 11) is 0. The fourth-order valence-electron chi connectivity index (χ4n) is 8.78. The number of hydrogen-bond acceptors (Lipinski definition) is 18. The Labute approximate surface area is 392 Å². The van der Waals surface area contributed by atoms with Crippen LogP contribution in [-0.2, 0) is 76.8 Å². The van der Waals surface area contributed by atoms with Gasteiger partial charge < -0.3 is 88.2 Å². The molecular formula is C48H62O20. The van der Waals surface area contributed by atoms with Gasteiger partial charge in [-0.05, 0) is 28.5 Å². The van der Waals surface area contributed by atoms with Crippen LogP contribution in [0.2, 0.25) is 0 Å². The quantitative estimate of drug-likeness (QED) is 0.0830. The highest BCUT2D eigenvalue weighted by Crippen LogP contribution is 2.38. The molecule has 0 radical (unpaired) electrons. The normalized spacial score (nSPS) is 38.7. The second-order valence-electron chi connectivity index (χ2n) is 17.7. The molecule has 0 amide bonds. The van der Waals surface area contributed by atoms with Gasteiger partial charge in [-0.3, -0.25) is 0 Å². The molecular weight excluding hydrogens is 897 g/mol. The molecule has 3 aromatic carbocycles. The Bertz CT molecular complexity index is 2020. The van der Waals surface area contributed by atoms with E-state index >= 15 is 0 Å². The Hall–Kier alpha value is -4.04. The standard InChI is InChI=1S/C48H62O20/c1-24-25(2)39(43(55)56)65-46(32(24)49)67-42-31(23-60-20-28-15-9-5-10-16-28)63-47(36(53)34(42)51)64-38-26(3)40(44(57)58)66-48(37(38)54)68-41-30(22-59-19-27-13-7-4-8-14-27)62-45(35(52)33(41)50)61-21-29-17-11-6-12-18-29/h4-18,24-26,30-42,45-54H,19-23H2,1-3H3,(H,55,56)(H,57,58). The fraction of sp³-hybridized carbons (Fsp3) is 0.583. The van der Waals surface area contributed by atoms with Crippen LogP contribution in [0.15, 0.2) is 91.0 Å². The smallest absolute Gasteiger partial charge is 0.333 e. The minimum absolute atomic E-state index is 0.0106. The minimum atomic E-state index is -1.97. The van der Waals surface area contributed by atoms with Gasteiger partial charge in [-0.25, -0.2) is 9.59 Å². The van der Waals surface area contributed by atoms with E-state index in [9.17, 15) is 50.4 Å². The summed E-state index contributed by atoms with van der Waals surface area (Å²) in [4.78, 5) is 24.8. The predicted molar refractivity (Wildman–Crippen MR) is 231 cm³/mol. The highest BCUT2D eigenvalue weighted by molar-refractivity contribution is 5.73. The largest absolute Gasteiger partial charge is 0.479 e. The molecule has 20 unspecified atom stereocenters. The minimum Gasteiger partial charge on any atom is -0.479 e. The Morgan fingerprint density at radius 2 is 0.824 bits per heavy atom. The van der Waals surface area contributed by atoms with Gasteiger partial charge in [0.05, 0.1) is 39.1 Å². The first-order chi connectivity index (χ1) is 32.6. The second kappa shape index (κ2) is 23.7. The Morgan fingerprint density at radius 1 is 0.441 bits per heavy atom. The predicted octanol–water partition coefficient (Wildman–Crippen LogP) is 0.935. The molecule has 8 N–H and O–H groups in total. The molecule has 0 aromatic heterocycles. The number of hydrogen-bond donors (Lipinski definition) is 8. The summed E-state index contributed by atoms with van der Waals surface area (Å²) >= 11 is 0. The molecule has 4 saturated heterocycles. The molecule has 4 aliphatic heterocycles. The van der Waals surface area contributed by atoms with Gasteiger partial charge >= 0.3 is 11.9 Å². The summed E-state index contributed by atoms with van der Waals surface area (Å²) in [5.41, 5.74) is 2.35. The highest BCUT2D eigenvalue weighted by Gasteiger charge is 2.56. The van der Waals surface area contributed by atoms with Crippen molar-refractivity contribution in [3.05, 3.63) is 108 Å². The van der Waals surface area contributed by atoms with Crippen LogP contribution in [0.3, 0.4) is 0 Å². The van der Waals surface area contributed by atoms with E-state index in [1.54, 1.807) is 50.2 Å². The van der Waals surface area contributed by atoms with Gasteiger partial charge in [-0.2, -0.15) is 0 Å². The summed E-state index contributed by atoms with van der Waals surface area (Å²) in [5.74, 6) is -5.21. The number of carbonyl (C=O) groups is 2. The number of aliphatic hydroxyl groups excluding tert-OH is 6. The second-order valence-corrected chi connectivity index (χ2v) is 17.7. The Balaban J connectivity index is 1.10. The van der Waals surface area contributed by atoms with Crippen molar-refractivity contribution in [2.75, 3.05) is 13.2 Å². The van der Waals surface area contributed by atoms with Gasteiger partial charge in [-0.15, -0.1) is 0 Å². The first kappa shape index (κ1) is 51.8. The van der Waals surface area contributed by atoms with E-state index in [1.165, 1.54) is 6.92 Å². The zero-order chi connectivity index (χ0) is 48.6. The lowest BCUT2D eigenvalue weighted by atomic mass is 9.83. The van der Waals surface area contributed by atoms with Crippen LogP contribution in [0.5, 0.6) is 0 Å². The first-order valence-electron chi connectivity index (χ1n) is 22.6. The molecule has 4 heterocycles. The van der Waals surface area contributed by atoms with Crippen LogP contribution < -0.4 is 0 Å². The molecule has 374 valence electrons. The van der Waals surface area contributed by atoms with Crippen molar-refractivity contribution < 1.29 is 97.8 Å². The monoisotopic (exact) mass is 958 g/mol. The summed E-state index contributed by atoms with van der Waals surface area (Å²) in [6.45, 7) is 4.28. The number of benzene rings is 3. The van der Waals surface area contributed by atoms with E-state index < -0.39 is 134 Å². The molecule has 68 heavy (non-hydrogen) atoms. The maximum atomic E-state index is 12.7. The third-order valence-electron chi connectivity index (χ3n) is 13.0. The zero-order valence-electron chi connectivity index (χ0n) is 37.7. The van der Waals surface area contributed by atoms with E-state index in [-0.39, 0.29) is 33.0 Å². The summed E-state index contributed by atoms with van der Waals surface area (Å²) in [6.07, 6.45) is -27.4. The molecule has 0 aliphatic carbocycles. The van der Waals surface area contributed by atoms with Gasteiger partial charge in [-0.1, -0.05) is 112 Å². The van der Waals surface area contributed by atoms with Crippen molar-refractivity contribution in [1.82, 2.24) is 0 Å². The van der Waals surface area contributed by atoms with E-state index in [1.807, 2.05) is 54.6 Å². The lowest BCUT2D eigenvalue weighted by molar-refractivity contribution is -0.381. The number of carboxylic acids is 2. The SMILES string of the molecule is CC1C(C(=O)O)OC(OC2C(COCc3ccccc3)OC(OC3C(C)C(C(=O)O)OC(OC4C(COCc5ccccc5)OC(OCc5ccccc5)C(O)C4O)C3O)C(O)C2O)C(O)C1C. The van der Waals surface area contributed by atoms with Gasteiger partial charge in [0.1, 0.15) is 61.0 Å². The summed E-state index contributed by atoms with van der Waals surface area (Å²) in [5, 5.41) is 89.4. The van der Waals surface area contributed by atoms with Crippen LogP contribution in [0.25, 0.3) is 0 Å². The molecule has 20 atom stereocenters. The van der Waals surface area contributed by atoms with E-state index in [0.717, 1.165) is 16.7 Å². The molecule has 4 fully saturated rings. The van der Waals surface area contributed by atoms with Crippen LogP contribution in [0.4, 0.5) is 0 Å². The van der Waals surface area contributed by atoms with Crippen LogP contribution >= 0.6 is 0 Å². The lowest BCUT2D eigenvalue weighted by Crippen LogP contribution is -2.66. The maximum absolute atomic E-state index is 12.7. The van der Waals surface area contributed by atoms with Gasteiger partial charge in [0, 0.05) is 5.92 Å². The molecule has 4 aliphatic rings. The Morgan fingerprint density at radius 3 is 1.29 bits per heavy atom. The third kappa shape index (κ3) is 12.3. The molecule has 20 heteroatoms. The molecule has 0 bridgehead atoms. The Kier molecular flexibility index (Phi) is 18.1. The summed E-state index contributed by atoms with van der Waals surface area (Å²) in [6, 6.07) is 27.3. The molecule has 3 aromatic rings. The van der Waals surface area contributed by atoms with Crippen molar-refractivity contribution in [3.8, 4) is 0 Å². The molecule has 0 saturated carbocycles. The number of rotatable bonds is 19. The van der Waals surface area contributed by atoms with Crippen molar-refractivity contribution in [2.45, 2.75) is 145 Å². The molecule has 7 rings (SSSR count). The number of aliphatic carboxylic acids is 2. The van der Waals surface area contributed by atoms with Crippen molar-refractivity contribution in [3.63, 3.8) is 0 Å². The van der Waals surface area contributed by atoms with Gasteiger partial charge in [0.2, 0.25) is 0 Å². The summed E-state index contributed by atoms with van der Waals surface area (Å²) < 4.78 is 60.0. The maximum Gasteiger partial charge on any atom is 0.333 e. The highest BCUT2D eigenvalue weighted by atomic mass is 16.8. The molecule has 0 spiro atoms. The van der Waals surface area contributed by atoms with Gasteiger partial charge in [0.25, 0.3) is 0 Å². The van der Waals surface area contributed by atoms with Crippen molar-refractivity contribution >= 4 is 11.9 Å². The van der Waals surface area contributed by atoms with Crippen LogP contribution in [-0.4, -0.2) is 171 Å².